The number of aryl methyl sites for hydroxylation is 2. The third kappa shape index (κ3) is 1.23. The molecule has 0 unspecified atom stereocenters. The maximum atomic E-state index is 8.80. The van der Waals surface area contributed by atoms with Crippen molar-refractivity contribution in [3.05, 3.63) is 41.2 Å². The van der Waals surface area contributed by atoms with E-state index in [-0.39, 0.29) is 0 Å². The summed E-state index contributed by atoms with van der Waals surface area (Å²) in [6, 6.07) is 10.0. The molecule has 0 radical (unpaired) electrons. The van der Waals surface area contributed by atoms with Crippen LogP contribution in [0, 0.1) is 25.2 Å². The fraction of sp³-hybridized carbons (Fsp3) is 0.167. The van der Waals surface area contributed by atoms with Crippen LogP contribution in [-0.2, 0) is 0 Å². The first-order chi connectivity index (χ1) is 6.72. The molecule has 68 valence electrons. The van der Waals surface area contributed by atoms with Crippen molar-refractivity contribution < 1.29 is 0 Å². The largest absolute Gasteiger partial charge is 0.242 e. The van der Waals surface area contributed by atoms with Gasteiger partial charge in [0.15, 0.2) is 0 Å². The van der Waals surface area contributed by atoms with Gasteiger partial charge in [0, 0.05) is 11.1 Å². The molecule has 0 saturated heterocycles. The lowest BCUT2D eigenvalue weighted by atomic mass is 10.0. The Morgan fingerprint density at radius 2 is 2.00 bits per heavy atom. The van der Waals surface area contributed by atoms with Crippen molar-refractivity contribution in [1.82, 2.24) is 4.98 Å². The number of benzene rings is 1. The van der Waals surface area contributed by atoms with Crippen LogP contribution in [0.4, 0.5) is 0 Å². The first-order valence-corrected chi connectivity index (χ1v) is 4.49. The summed E-state index contributed by atoms with van der Waals surface area (Å²) in [6.07, 6.45) is 0. The van der Waals surface area contributed by atoms with Crippen molar-refractivity contribution in [3.63, 3.8) is 0 Å². The van der Waals surface area contributed by atoms with Crippen molar-refractivity contribution in [2.45, 2.75) is 13.8 Å². The number of rotatable bonds is 0. The average Bonchev–Trinajstić information content (AvgIpc) is 2.19. The lowest BCUT2D eigenvalue weighted by Crippen LogP contribution is -1.90. The second-order valence-corrected chi connectivity index (χ2v) is 3.37. The van der Waals surface area contributed by atoms with Crippen molar-refractivity contribution in [3.8, 4) is 6.07 Å². The first-order valence-electron chi connectivity index (χ1n) is 4.49. The molecule has 0 fully saturated rings. The molecule has 1 aromatic carbocycles. The Kier molecular flexibility index (Phi) is 1.94. The number of nitriles is 1. The van der Waals surface area contributed by atoms with Crippen LogP contribution < -0.4 is 0 Å². The lowest BCUT2D eigenvalue weighted by molar-refractivity contribution is 1.19. The average molecular weight is 182 g/mol. The molecule has 0 amide bonds. The summed E-state index contributed by atoms with van der Waals surface area (Å²) >= 11 is 0. The van der Waals surface area contributed by atoms with Crippen LogP contribution >= 0.6 is 0 Å². The van der Waals surface area contributed by atoms with Gasteiger partial charge in [-0.2, -0.15) is 5.26 Å². The number of hydrogen-bond acceptors (Lipinski definition) is 2. The predicted molar refractivity (Wildman–Crippen MR) is 55.9 cm³/mol. The third-order valence-corrected chi connectivity index (χ3v) is 2.40. The van der Waals surface area contributed by atoms with Gasteiger partial charge < -0.3 is 0 Å². The number of aromatic nitrogens is 1. The van der Waals surface area contributed by atoms with Gasteiger partial charge in [0.1, 0.15) is 11.8 Å². The highest BCUT2D eigenvalue weighted by atomic mass is 14.7. The summed E-state index contributed by atoms with van der Waals surface area (Å²) in [4.78, 5) is 4.20. The molecule has 0 bridgehead atoms. The van der Waals surface area contributed by atoms with Crippen LogP contribution in [0.15, 0.2) is 24.3 Å². The molecule has 2 rings (SSSR count). The van der Waals surface area contributed by atoms with E-state index in [1.165, 1.54) is 5.56 Å². The zero-order valence-corrected chi connectivity index (χ0v) is 8.20. The maximum absolute atomic E-state index is 8.80. The topological polar surface area (TPSA) is 36.7 Å². The maximum Gasteiger partial charge on any atom is 0.141 e. The quantitative estimate of drug-likeness (QED) is 0.628. The van der Waals surface area contributed by atoms with Crippen molar-refractivity contribution >= 4 is 10.8 Å². The first kappa shape index (κ1) is 8.71. The van der Waals surface area contributed by atoms with Crippen LogP contribution in [0.5, 0.6) is 0 Å². The molecule has 2 aromatic rings. The van der Waals surface area contributed by atoms with E-state index in [4.69, 9.17) is 5.26 Å². The van der Waals surface area contributed by atoms with Gasteiger partial charge in [-0.1, -0.05) is 18.2 Å². The third-order valence-electron chi connectivity index (χ3n) is 2.40. The summed E-state index contributed by atoms with van der Waals surface area (Å²) in [5.41, 5.74) is 2.59. The Morgan fingerprint density at radius 3 is 2.71 bits per heavy atom. The van der Waals surface area contributed by atoms with Gasteiger partial charge >= 0.3 is 0 Å². The summed E-state index contributed by atoms with van der Waals surface area (Å²) in [7, 11) is 0. The smallest absolute Gasteiger partial charge is 0.141 e. The monoisotopic (exact) mass is 182 g/mol. The Bertz CT molecular complexity index is 536. The van der Waals surface area contributed by atoms with Crippen molar-refractivity contribution in [2.75, 3.05) is 0 Å². The number of nitrogens with zero attached hydrogens (tertiary/aromatic N) is 2. The molecule has 1 aromatic heterocycles. The molecular weight excluding hydrogens is 172 g/mol. The summed E-state index contributed by atoms with van der Waals surface area (Å²) < 4.78 is 0. The normalized spacial score (nSPS) is 10.1. The Balaban J connectivity index is 2.92. The van der Waals surface area contributed by atoms with Crippen LogP contribution in [0.3, 0.4) is 0 Å². The van der Waals surface area contributed by atoms with Gasteiger partial charge in [0.2, 0.25) is 0 Å². The van der Waals surface area contributed by atoms with Crippen LogP contribution in [0.25, 0.3) is 10.8 Å². The van der Waals surface area contributed by atoms with E-state index < -0.39 is 0 Å². The molecule has 2 nitrogen and oxygen atoms in total. The van der Waals surface area contributed by atoms with Crippen molar-refractivity contribution in [2.24, 2.45) is 0 Å². The molecule has 1 heterocycles. The Morgan fingerprint density at radius 1 is 1.21 bits per heavy atom. The SMILES string of the molecule is Cc1cccc2c(C)nc(C#N)cc12. The second kappa shape index (κ2) is 3.12. The van der Waals surface area contributed by atoms with Crippen LogP contribution in [-0.4, -0.2) is 4.98 Å². The Hall–Kier alpha value is -1.88. The number of fused-ring (bicyclic) bond motifs is 1. The summed E-state index contributed by atoms with van der Waals surface area (Å²) in [5.74, 6) is 0. The summed E-state index contributed by atoms with van der Waals surface area (Å²) in [6.45, 7) is 3.98. The van der Waals surface area contributed by atoms with E-state index in [0.717, 1.165) is 16.5 Å². The minimum absolute atomic E-state index is 0.490. The molecule has 0 atom stereocenters. The number of pyridine rings is 1. The fourth-order valence-corrected chi connectivity index (χ4v) is 1.65. The Labute approximate surface area is 82.8 Å². The highest BCUT2D eigenvalue weighted by molar-refractivity contribution is 5.87. The highest BCUT2D eigenvalue weighted by Gasteiger charge is 2.03. The van der Waals surface area contributed by atoms with Gasteiger partial charge in [0.05, 0.1) is 0 Å². The zero-order valence-electron chi connectivity index (χ0n) is 8.20. The highest BCUT2D eigenvalue weighted by Crippen LogP contribution is 2.21. The molecule has 0 aliphatic carbocycles. The van der Waals surface area contributed by atoms with E-state index in [0.29, 0.717) is 5.69 Å². The van der Waals surface area contributed by atoms with Gasteiger partial charge in [-0.25, -0.2) is 4.98 Å². The number of hydrogen-bond donors (Lipinski definition) is 0. The molecule has 0 aliphatic rings. The second-order valence-electron chi connectivity index (χ2n) is 3.37. The molecule has 2 heteroatoms. The molecule has 0 N–H and O–H groups in total. The molecule has 14 heavy (non-hydrogen) atoms. The van der Waals surface area contributed by atoms with E-state index in [1.807, 2.05) is 38.1 Å². The van der Waals surface area contributed by atoms with Gasteiger partial charge in [-0.3, -0.25) is 0 Å². The molecule has 0 aliphatic heterocycles. The zero-order chi connectivity index (χ0) is 10.1. The molecular formula is C12H10N2. The minimum Gasteiger partial charge on any atom is -0.242 e. The van der Waals surface area contributed by atoms with E-state index in [9.17, 15) is 0 Å². The van der Waals surface area contributed by atoms with Crippen molar-refractivity contribution in [1.29, 1.82) is 5.26 Å². The minimum atomic E-state index is 0.490. The van der Waals surface area contributed by atoms with Crippen LogP contribution in [0.2, 0.25) is 0 Å². The lowest BCUT2D eigenvalue weighted by Gasteiger charge is -2.04. The van der Waals surface area contributed by atoms with E-state index in [1.54, 1.807) is 0 Å². The molecule has 0 saturated carbocycles. The fourth-order valence-electron chi connectivity index (χ4n) is 1.65. The van der Waals surface area contributed by atoms with Gasteiger partial charge in [-0.15, -0.1) is 0 Å². The predicted octanol–water partition coefficient (Wildman–Crippen LogP) is 2.72. The summed E-state index contributed by atoms with van der Waals surface area (Å²) in [5, 5.41) is 11.1. The molecule has 0 spiro atoms. The van der Waals surface area contributed by atoms with Gasteiger partial charge in [0.25, 0.3) is 0 Å². The van der Waals surface area contributed by atoms with E-state index in [2.05, 4.69) is 11.1 Å². The van der Waals surface area contributed by atoms with Crippen LogP contribution in [0.1, 0.15) is 17.0 Å². The van der Waals surface area contributed by atoms with Gasteiger partial charge in [-0.05, 0) is 30.9 Å². The standard InChI is InChI=1S/C12H10N2/c1-8-4-3-5-11-9(2)14-10(7-13)6-12(8)11/h3-6H,1-2H3. The van der Waals surface area contributed by atoms with E-state index >= 15 is 0 Å².